The van der Waals surface area contributed by atoms with Gasteiger partial charge in [0.25, 0.3) is 5.91 Å². The fourth-order valence-electron chi connectivity index (χ4n) is 2.68. The Morgan fingerprint density at radius 3 is 2.21 bits per heavy atom. The lowest BCUT2D eigenvalue weighted by molar-refractivity contribution is 0.102. The summed E-state index contributed by atoms with van der Waals surface area (Å²) in [6, 6.07) is 22.0. The lowest BCUT2D eigenvalue weighted by Gasteiger charge is -2.06. The van der Waals surface area contributed by atoms with Crippen LogP contribution in [-0.4, -0.2) is 5.91 Å². The molecule has 1 N–H and O–H groups in total. The molecule has 4 aromatic rings. The van der Waals surface area contributed by atoms with Gasteiger partial charge in [-0.25, -0.2) is 4.79 Å². The van der Waals surface area contributed by atoms with Crippen molar-refractivity contribution in [3.63, 3.8) is 0 Å². The Hall–Kier alpha value is -3.40. The van der Waals surface area contributed by atoms with Crippen molar-refractivity contribution in [2.45, 2.75) is 0 Å². The minimum atomic E-state index is -0.568. The van der Waals surface area contributed by atoms with Crippen molar-refractivity contribution in [2.75, 3.05) is 5.32 Å². The number of anilines is 1. The quantitative estimate of drug-likeness (QED) is 0.445. The van der Waals surface area contributed by atoms with Crippen LogP contribution in [0.2, 0.25) is 0 Å². The van der Waals surface area contributed by atoms with Crippen molar-refractivity contribution >= 4 is 33.3 Å². The second-order valence-electron chi connectivity index (χ2n) is 5.50. The first-order valence-corrected chi connectivity index (χ1v) is 7.54. The number of benzene rings is 3. The number of hydrogen-bond acceptors (Lipinski definition) is 3. The average Bonchev–Trinajstić information content (AvgIpc) is 2.61. The summed E-state index contributed by atoms with van der Waals surface area (Å²) in [4.78, 5) is 24.4. The average molecular weight is 315 g/mol. The van der Waals surface area contributed by atoms with Crippen LogP contribution in [0.3, 0.4) is 0 Å². The van der Waals surface area contributed by atoms with Gasteiger partial charge < -0.3 is 9.73 Å². The Bertz CT molecular complexity index is 1110. The summed E-state index contributed by atoms with van der Waals surface area (Å²) in [6.07, 6.45) is 0. The maximum atomic E-state index is 12.2. The molecule has 0 atom stereocenters. The molecular formula is C20H13NO3. The van der Waals surface area contributed by atoms with E-state index in [0.717, 1.165) is 16.2 Å². The first-order chi connectivity index (χ1) is 11.7. The molecule has 0 radical (unpaired) electrons. The van der Waals surface area contributed by atoms with Gasteiger partial charge >= 0.3 is 5.63 Å². The molecule has 0 saturated heterocycles. The number of nitrogens with one attached hydrogen (secondary N) is 1. The highest BCUT2D eigenvalue weighted by Gasteiger charge is 2.11. The van der Waals surface area contributed by atoms with Gasteiger partial charge in [-0.15, -0.1) is 0 Å². The molecule has 1 amide bonds. The SMILES string of the molecule is O=C(Nc1cc2cc3ccccc3cc2oc1=O)c1ccccc1. The number of hydrogen-bond donors (Lipinski definition) is 1. The standard InChI is InChI=1S/C20H13NO3/c22-19(13-6-2-1-3-7-13)21-17-11-16-10-14-8-4-5-9-15(14)12-18(16)24-20(17)23/h1-12H,(H,21,22). The van der Waals surface area contributed by atoms with E-state index in [1.165, 1.54) is 0 Å². The Morgan fingerprint density at radius 2 is 1.46 bits per heavy atom. The van der Waals surface area contributed by atoms with Gasteiger partial charge in [0.05, 0.1) is 0 Å². The van der Waals surface area contributed by atoms with E-state index in [2.05, 4.69) is 5.32 Å². The highest BCUT2D eigenvalue weighted by molar-refractivity contribution is 6.05. The molecule has 1 aromatic heterocycles. The van der Waals surface area contributed by atoms with Gasteiger partial charge in [0.1, 0.15) is 11.3 Å². The molecular weight excluding hydrogens is 302 g/mol. The van der Waals surface area contributed by atoms with E-state index in [1.807, 2.05) is 42.5 Å². The summed E-state index contributed by atoms with van der Waals surface area (Å²) >= 11 is 0. The lowest BCUT2D eigenvalue weighted by atomic mass is 10.1. The molecule has 0 fully saturated rings. The van der Waals surface area contributed by atoms with Crippen LogP contribution in [0, 0.1) is 0 Å². The molecule has 4 nitrogen and oxygen atoms in total. The molecule has 24 heavy (non-hydrogen) atoms. The first kappa shape index (κ1) is 14.2. The van der Waals surface area contributed by atoms with Gasteiger partial charge in [0.2, 0.25) is 0 Å². The van der Waals surface area contributed by atoms with Crippen molar-refractivity contribution in [1.82, 2.24) is 0 Å². The number of fused-ring (bicyclic) bond motifs is 2. The molecule has 0 unspecified atom stereocenters. The van der Waals surface area contributed by atoms with Crippen LogP contribution in [-0.2, 0) is 0 Å². The van der Waals surface area contributed by atoms with Crippen LogP contribution in [0.4, 0.5) is 5.69 Å². The molecule has 116 valence electrons. The van der Waals surface area contributed by atoms with Crippen molar-refractivity contribution in [3.8, 4) is 0 Å². The molecule has 0 spiro atoms. The second-order valence-corrected chi connectivity index (χ2v) is 5.50. The summed E-state index contributed by atoms with van der Waals surface area (Å²) in [7, 11) is 0. The van der Waals surface area contributed by atoms with Gasteiger partial charge in [0, 0.05) is 10.9 Å². The largest absolute Gasteiger partial charge is 0.421 e. The maximum absolute atomic E-state index is 12.2. The van der Waals surface area contributed by atoms with Crippen LogP contribution in [0.1, 0.15) is 10.4 Å². The highest BCUT2D eigenvalue weighted by atomic mass is 16.4. The number of amides is 1. The number of carbonyl (C=O) groups is 1. The molecule has 1 heterocycles. The van der Waals surface area contributed by atoms with E-state index < -0.39 is 5.63 Å². The van der Waals surface area contributed by atoms with E-state index in [1.54, 1.807) is 30.3 Å². The third-order valence-electron chi connectivity index (χ3n) is 3.88. The van der Waals surface area contributed by atoms with Gasteiger partial charge in [-0.1, -0.05) is 42.5 Å². The molecule has 3 aromatic carbocycles. The predicted molar refractivity (Wildman–Crippen MR) is 94.4 cm³/mol. The summed E-state index contributed by atoms with van der Waals surface area (Å²) in [6.45, 7) is 0. The summed E-state index contributed by atoms with van der Waals surface area (Å²) in [5.41, 5.74) is 0.542. The molecule has 4 heteroatoms. The minimum Gasteiger partial charge on any atom is -0.421 e. The second kappa shape index (κ2) is 5.66. The van der Waals surface area contributed by atoms with Gasteiger partial charge in [0.15, 0.2) is 0 Å². The highest BCUT2D eigenvalue weighted by Crippen LogP contribution is 2.23. The molecule has 0 saturated carbocycles. The van der Waals surface area contributed by atoms with Crippen LogP contribution < -0.4 is 10.9 Å². The first-order valence-electron chi connectivity index (χ1n) is 7.54. The topological polar surface area (TPSA) is 59.3 Å². The maximum Gasteiger partial charge on any atom is 0.360 e. The molecule has 4 rings (SSSR count). The van der Waals surface area contributed by atoms with Crippen LogP contribution >= 0.6 is 0 Å². The summed E-state index contributed by atoms with van der Waals surface area (Å²) in [5, 5.41) is 5.42. The Kier molecular flexibility index (Phi) is 3.35. The van der Waals surface area contributed by atoms with Crippen molar-refractivity contribution in [3.05, 3.63) is 88.8 Å². The van der Waals surface area contributed by atoms with Crippen molar-refractivity contribution in [1.29, 1.82) is 0 Å². The normalized spacial score (nSPS) is 10.8. The zero-order valence-electron chi connectivity index (χ0n) is 12.7. The lowest BCUT2D eigenvalue weighted by Crippen LogP contribution is -2.17. The van der Waals surface area contributed by atoms with Gasteiger partial charge in [-0.05, 0) is 41.1 Å². The van der Waals surface area contributed by atoms with Crippen LogP contribution in [0.25, 0.3) is 21.7 Å². The van der Waals surface area contributed by atoms with Crippen molar-refractivity contribution in [2.24, 2.45) is 0 Å². The van der Waals surface area contributed by atoms with Crippen LogP contribution in [0.5, 0.6) is 0 Å². The number of rotatable bonds is 2. The zero-order chi connectivity index (χ0) is 16.5. The fraction of sp³-hybridized carbons (Fsp3) is 0. The smallest absolute Gasteiger partial charge is 0.360 e. The third kappa shape index (κ3) is 2.54. The van der Waals surface area contributed by atoms with Crippen molar-refractivity contribution < 1.29 is 9.21 Å². The molecule has 0 bridgehead atoms. The van der Waals surface area contributed by atoms with E-state index in [0.29, 0.717) is 11.1 Å². The molecule has 0 aliphatic heterocycles. The Morgan fingerprint density at radius 1 is 0.792 bits per heavy atom. The zero-order valence-corrected chi connectivity index (χ0v) is 12.7. The predicted octanol–water partition coefficient (Wildman–Crippen LogP) is 4.20. The van der Waals surface area contributed by atoms with E-state index in [4.69, 9.17) is 4.42 Å². The molecule has 0 aliphatic rings. The van der Waals surface area contributed by atoms with Gasteiger partial charge in [-0.2, -0.15) is 0 Å². The Balaban J connectivity index is 1.78. The monoisotopic (exact) mass is 315 g/mol. The molecule has 0 aliphatic carbocycles. The van der Waals surface area contributed by atoms with E-state index in [-0.39, 0.29) is 11.6 Å². The van der Waals surface area contributed by atoms with Gasteiger partial charge in [-0.3, -0.25) is 4.79 Å². The van der Waals surface area contributed by atoms with E-state index in [9.17, 15) is 9.59 Å². The third-order valence-corrected chi connectivity index (χ3v) is 3.88. The van der Waals surface area contributed by atoms with E-state index >= 15 is 0 Å². The summed E-state index contributed by atoms with van der Waals surface area (Å²) in [5.74, 6) is -0.344. The summed E-state index contributed by atoms with van der Waals surface area (Å²) < 4.78 is 5.37. The number of carbonyl (C=O) groups excluding carboxylic acids is 1. The fourth-order valence-corrected chi connectivity index (χ4v) is 2.68. The van der Waals surface area contributed by atoms with Crippen LogP contribution in [0.15, 0.2) is 82.0 Å². The minimum absolute atomic E-state index is 0.131. The Labute approximate surface area is 137 Å².